The van der Waals surface area contributed by atoms with Gasteiger partial charge in [-0.3, -0.25) is 0 Å². The largest absolute Gasteiger partial charge is 0.310 e. The second kappa shape index (κ2) is 5.53. The van der Waals surface area contributed by atoms with E-state index in [0.717, 1.165) is 0 Å². The van der Waals surface area contributed by atoms with Crippen molar-refractivity contribution in [3.63, 3.8) is 0 Å². The van der Waals surface area contributed by atoms with E-state index in [4.69, 9.17) is 34.8 Å². The third-order valence-corrected chi connectivity index (χ3v) is 2.30. The molecule has 0 aliphatic rings. The van der Waals surface area contributed by atoms with Crippen LogP contribution in [0.15, 0.2) is 17.2 Å². The standard InChI is InChI=1S/C10H10Cl3N2/c1-6(2)5-14-15-10-8(12)3-7(11)4-9(10)13/h3-6H,1-2H3/q+1. The van der Waals surface area contributed by atoms with Gasteiger partial charge in [0.05, 0.1) is 20.8 Å². The maximum absolute atomic E-state index is 5.91. The Balaban J connectivity index is 3.10. The quantitative estimate of drug-likeness (QED) is 0.422. The summed E-state index contributed by atoms with van der Waals surface area (Å²) in [5.74, 6) is 0.332. The molecule has 0 heterocycles. The van der Waals surface area contributed by atoms with Crippen LogP contribution < -0.4 is 0 Å². The van der Waals surface area contributed by atoms with E-state index in [9.17, 15) is 0 Å². The number of hydrogen-bond acceptors (Lipinski definition) is 1. The van der Waals surface area contributed by atoms with Crippen LogP contribution in [0.1, 0.15) is 13.8 Å². The van der Waals surface area contributed by atoms with Crippen LogP contribution in [0, 0.1) is 5.92 Å². The number of halogens is 3. The minimum absolute atomic E-state index is 0.332. The lowest BCUT2D eigenvalue weighted by atomic mass is 10.3. The SMILES string of the molecule is CC(C)C=[N+]=Nc1c(Cl)cc(Cl)cc1Cl. The van der Waals surface area contributed by atoms with Gasteiger partial charge in [-0.25, -0.2) is 0 Å². The Hall–Kier alpha value is -0.530. The molecule has 0 unspecified atom stereocenters. The predicted molar refractivity (Wildman–Crippen MR) is 64.7 cm³/mol. The van der Waals surface area contributed by atoms with Crippen molar-refractivity contribution in [1.29, 1.82) is 0 Å². The van der Waals surface area contributed by atoms with Gasteiger partial charge in [0.15, 0.2) is 5.69 Å². The molecule has 0 spiro atoms. The van der Waals surface area contributed by atoms with Crippen molar-refractivity contribution in [3.05, 3.63) is 27.2 Å². The third-order valence-electron chi connectivity index (χ3n) is 1.50. The van der Waals surface area contributed by atoms with E-state index in [2.05, 4.69) is 9.90 Å². The van der Waals surface area contributed by atoms with Crippen molar-refractivity contribution >= 4 is 46.7 Å². The fourth-order valence-electron chi connectivity index (χ4n) is 0.855. The van der Waals surface area contributed by atoms with Crippen LogP contribution in [0.2, 0.25) is 15.1 Å². The van der Waals surface area contributed by atoms with Crippen LogP contribution in [0.3, 0.4) is 0 Å². The number of nitrogens with zero attached hydrogens (tertiary/aromatic N) is 2. The van der Waals surface area contributed by atoms with Gasteiger partial charge in [0.25, 0.3) is 0 Å². The van der Waals surface area contributed by atoms with E-state index in [1.54, 1.807) is 18.3 Å². The summed E-state index contributed by atoms with van der Waals surface area (Å²) in [4.78, 5) is 3.88. The van der Waals surface area contributed by atoms with Crippen molar-refractivity contribution in [2.75, 3.05) is 0 Å². The molecule has 80 valence electrons. The Labute approximate surface area is 104 Å². The monoisotopic (exact) mass is 263 g/mol. The zero-order valence-corrected chi connectivity index (χ0v) is 10.6. The van der Waals surface area contributed by atoms with Gasteiger partial charge < -0.3 is 0 Å². The van der Waals surface area contributed by atoms with Crippen molar-refractivity contribution in [2.45, 2.75) is 13.8 Å². The smallest absolute Gasteiger partial charge is 0.0842 e. The van der Waals surface area contributed by atoms with E-state index in [1.165, 1.54) is 0 Å². The van der Waals surface area contributed by atoms with E-state index in [-0.39, 0.29) is 0 Å². The second-order valence-corrected chi connectivity index (χ2v) is 4.58. The molecular weight excluding hydrogens is 254 g/mol. The normalized spacial score (nSPS) is 10.0. The van der Waals surface area contributed by atoms with Crippen LogP contribution in [-0.4, -0.2) is 11.0 Å². The molecule has 1 rings (SSSR count). The molecule has 1 aromatic rings. The molecule has 2 nitrogen and oxygen atoms in total. The van der Waals surface area contributed by atoms with Crippen LogP contribution in [-0.2, 0) is 0 Å². The van der Waals surface area contributed by atoms with Crippen molar-refractivity contribution in [2.24, 2.45) is 11.0 Å². The van der Waals surface area contributed by atoms with Crippen LogP contribution in [0.5, 0.6) is 0 Å². The van der Waals surface area contributed by atoms with E-state index in [1.807, 2.05) is 13.8 Å². The summed E-state index contributed by atoms with van der Waals surface area (Å²) >= 11 is 17.6. The molecule has 0 saturated carbocycles. The molecule has 0 saturated heterocycles. The van der Waals surface area contributed by atoms with E-state index < -0.39 is 0 Å². The molecule has 0 aliphatic carbocycles. The molecule has 0 N–H and O–H groups in total. The fraction of sp³-hybridized carbons (Fsp3) is 0.300. The molecule has 0 radical (unpaired) electrons. The third kappa shape index (κ3) is 3.84. The molecule has 5 heteroatoms. The Morgan fingerprint density at radius 1 is 1.20 bits per heavy atom. The lowest BCUT2D eigenvalue weighted by molar-refractivity contribution is -0.0742. The fourth-order valence-corrected chi connectivity index (χ4v) is 1.75. The highest BCUT2D eigenvalue weighted by Crippen LogP contribution is 2.35. The van der Waals surface area contributed by atoms with Crippen LogP contribution in [0.25, 0.3) is 0 Å². The predicted octanol–water partition coefficient (Wildman–Crippen LogP) is 4.67. The van der Waals surface area contributed by atoms with Crippen molar-refractivity contribution in [3.8, 4) is 0 Å². The number of rotatable bonds is 2. The maximum atomic E-state index is 5.91. The lowest BCUT2D eigenvalue weighted by Crippen LogP contribution is -1.87. The van der Waals surface area contributed by atoms with Crippen molar-refractivity contribution < 1.29 is 4.79 Å². The minimum Gasteiger partial charge on any atom is -0.0842 e. The Morgan fingerprint density at radius 2 is 1.73 bits per heavy atom. The maximum Gasteiger partial charge on any atom is 0.310 e. The van der Waals surface area contributed by atoms with Crippen LogP contribution >= 0.6 is 34.8 Å². The first kappa shape index (κ1) is 12.5. The summed E-state index contributed by atoms with van der Waals surface area (Å²) in [6.45, 7) is 4.01. The summed E-state index contributed by atoms with van der Waals surface area (Å²) in [7, 11) is 0. The minimum atomic E-state index is 0.332. The second-order valence-electron chi connectivity index (χ2n) is 3.33. The molecule has 0 fully saturated rings. The van der Waals surface area contributed by atoms with Gasteiger partial charge in [-0.1, -0.05) is 48.7 Å². The Bertz CT molecular complexity index is 398. The molecule has 1 aromatic carbocycles. The Morgan fingerprint density at radius 3 is 2.20 bits per heavy atom. The topological polar surface area (TPSA) is 26.5 Å². The summed E-state index contributed by atoms with van der Waals surface area (Å²) in [5, 5.41) is 5.21. The molecule has 0 aromatic heterocycles. The first-order valence-electron chi connectivity index (χ1n) is 4.39. The van der Waals surface area contributed by atoms with E-state index in [0.29, 0.717) is 26.7 Å². The van der Waals surface area contributed by atoms with E-state index >= 15 is 0 Å². The van der Waals surface area contributed by atoms with Gasteiger partial charge in [-0.05, 0) is 12.1 Å². The summed E-state index contributed by atoms with van der Waals surface area (Å²) < 4.78 is 0. The Kier molecular flexibility index (Phi) is 4.62. The molecule has 0 aliphatic heterocycles. The van der Waals surface area contributed by atoms with Gasteiger partial charge in [-0.2, -0.15) is 0 Å². The highest BCUT2D eigenvalue weighted by atomic mass is 35.5. The number of hydrogen-bond donors (Lipinski definition) is 0. The van der Waals surface area contributed by atoms with Gasteiger partial charge in [0.1, 0.15) is 5.11 Å². The first-order valence-corrected chi connectivity index (χ1v) is 5.53. The summed E-state index contributed by atoms with van der Waals surface area (Å²) in [6.07, 6.45) is 1.71. The molecule has 0 atom stereocenters. The summed E-state index contributed by atoms with van der Waals surface area (Å²) in [6, 6.07) is 3.16. The van der Waals surface area contributed by atoms with Gasteiger partial charge in [0.2, 0.25) is 0 Å². The zero-order valence-electron chi connectivity index (χ0n) is 8.34. The van der Waals surface area contributed by atoms with Gasteiger partial charge in [-0.15, -0.1) is 0 Å². The van der Waals surface area contributed by atoms with Crippen molar-refractivity contribution in [1.82, 2.24) is 0 Å². The lowest BCUT2D eigenvalue weighted by Gasteiger charge is -1.95. The highest BCUT2D eigenvalue weighted by Gasteiger charge is 2.10. The molecule has 0 amide bonds. The number of benzene rings is 1. The summed E-state index contributed by atoms with van der Waals surface area (Å²) in [5.41, 5.74) is 0.444. The average molecular weight is 265 g/mol. The molecular formula is C10H10Cl3N2+. The zero-order chi connectivity index (χ0) is 11.4. The van der Waals surface area contributed by atoms with Gasteiger partial charge >= 0.3 is 6.21 Å². The van der Waals surface area contributed by atoms with Crippen LogP contribution in [0.4, 0.5) is 5.69 Å². The molecule has 0 bridgehead atoms. The molecule has 15 heavy (non-hydrogen) atoms. The first-order chi connectivity index (χ1) is 7.00. The highest BCUT2D eigenvalue weighted by molar-refractivity contribution is 6.41. The van der Waals surface area contributed by atoms with Gasteiger partial charge in [0, 0.05) is 5.02 Å². The average Bonchev–Trinajstić information content (AvgIpc) is 2.08.